The van der Waals surface area contributed by atoms with Gasteiger partial charge in [-0.05, 0) is 85.6 Å². The number of thiophene rings is 1. The van der Waals surface area contributed by atoms with Gasteiger partial charge in [-0.1, -0.05) is 57.2 Å². The molecule has 0 radical (unpaired) electrons. The van der Waals surface area contributed by atoms with E-state index in [1.54, 1.807) is 66.7 Å². The first-order chi connectivity index (χ1) is 24.4. The highest BCUT2D eigenvalue weighted by Crippen LogP contribution is 2.44. The molecule has 5 rings (SSSR count). The molecule has 2 unspecified atom stereocenters. The Bertz CT molecular complexity index is 1990. The second-order valence-electron chi connectivity index (χ2n) is 13.3. The number of nitrogens with one attached hydrogen (secondary N) is 3. The van der Waals surface area contributed by atoms with Crippen LogP contribution in [-0.2, 0) is 22.4 Å². The summed E-state index contributed by atoms with van der Waals surface area (Å²) in [7, 11) is 3.02. The van der Waals surface area contributed by atoms with E-state index in [1.807, 2.05) is 13.0 Å². The van der Waals surface area contributed by atoms with Crippen molar-refractivity contribution in [3.05, 3.63) is 106 Å². The van der Waals surface area contributed by atoms with Crippen LogP contribution in [0.2, 0.25) is 0 Å². The highest BCUT2D eigenvalue weighted by molar-refractivity contribution is 8.00. The van der Waals surface area contributed by atoms with Gasteiger partial charge in [0, 0.05) is 26.6 Å². The summed E-state index contributed by atoms with van der Waals surface area (Å²) in [5.74, 6) is 0.179. The molecule has 0 bridgehead atoms. The van der Waals surface area contributed by atoms with E-state index in [1.165, 1.54) is 48.3 Å². The fraction of sp³-hybridized carbons (Fsp3) is 0.300. The Kier molecular flexibility index (Phi) is 11.9. The summed E-state index contributed by atoms with van der Waals surface area (Å²) in [6, 6.07) is 23.3. The topological polar surface area (TPSA) is 130 Å². The summed E-state index contributed by atoms with van der Waals surface area (Å²) < 4.78 is 11.0. The molecule has 4 aromatic rings. The van der Waals surface area contributed by atoms with Gasteiger partial charge < -0.3 is 25.4 Å². The number of amides is 3. The summed E-state index contributed by atoms with van der Waals surface area (Å²) in [5, 5.41) is 18.8. The minimum absolute atomic E-state index is 0.0121. The third kappa shape index (κ3) is 9.01. The van der Waals surface area contributed by atoms with E-state index in [2.05, 4.69) is 42.8 Å². The van der Waals surface area contributed by atoms with Gasteiger partial charge >= 0.3 is 0 Å². The number of thioether (sulfide) groups is 1. The van der Waals surface area contributed by atoms with Gasteiger partial charge in [-0.2, -0.15) is 5.26 Å². The Morgan fingerprint density at radius 1 is 1.00 bits per heavy atom. The molecule has 3 N–H and O–H groups in total. The molecule has 1 aromatic heterocycles. The van der Waals surface area contributed by atoms with Crippen LogP contribution in [-0.4, -0.2) is 37.2 Å². The van der Waals surface area contributed by atoms with Crippen molar-refractivity contribution in [2.24, 2.45) is 11.3 Å². The van der Waals surface area contributed by atoms with Gasteiger partial charge in [0.15, 0.2) is 11.5 Å². The smallest absolute Gasteiger partial charge is 0.272 e. The number of hydrogen-bond acceptors (Lipinski definition) is 8. The van der Waals surface area contributed by atoms with E-state index in [-0.39, 0.29) is 17.0 Å². The highest BCUT2D eigenvalue weighted by Gasteiger charge is 2.33. The van der Waals surface area contributed by atoms with Gasteiger partial charge in [-0.15, -0.1) is 23.1 Å². The molecule has 3 aromatic carbocycles. The van der Waals surface area contributed by atoms with Crippen LogP contribution < -0.4 is 25.4 Å². The monoisotopic (exact) mass is 722 g/mol. The van der Waals surface area contributed by atoms with Crippen molar-refractivity contribution in [1.82, 2.24) is 5.32 Å². The molecule has 1 heterocycles. The number of benzene rings is 3. The zero-order chi connectivity index (χ0) is 36.7. The number of nitrogens with zero attached hydrogens (tertiary/aromatic N) is 1. The number of methoxy groups -OCH3 is 2. The van der Waals surface area contributed by atoms with Crippen LogP contribution in [0, 0.1) is 22.7 Å². The predicted molar refractivity (Wildman–Crippen MR) is 204 cm³/mol. The standard InChI is InChI=1S/C40H42N4O5S2/c1-24(36(45)44-39-31(23-41)30-19-18-27(40(2,3)4)21-34(30)51-39)50-29-16-11-15-28(22-29)42-38(47)32(43-37(46)25-12-8-7-9-13-25)20-26-14-10-17-33(48-5)35(26)49-6/h7-17,20,22,24,27H,18-19,21H2,1-6H3,(H,42,47)(H,43,46)(H,44,45)/b32-20+. The lowest BCUT2D eigenvalue weighted by Gasteiger charge is -2.33. The lowest BCUT2D eigenvalue weighted by Crippen LogP contribution is -2.30. The lowest BCUT2D eigenvalue weighted by atomic mass is 9.72. The van der Waals surface area contributed by atoms with Gasteiger partial charge in [-0.25, -0.2) is 0 Å². The van der Waals surface area contributed by atoms with Crippen molar-refractivity contribution in [1.29, 1.82) is 5.26 Å². The van der Waals surface area contributed by atoms with E-state index in [0.29, 0.717) is 44.8 Å². The average molecular weight is 723 g/mol. The molecule has 264 valence electrons. The molecule has 9 nitrogen and oxygen atoms in total. The quantitative estimate of drug-likeness (QED) is 0.105. The SMILES string of the molecule is COc1cccc(/C=C(/NC(=O)c2ccccc2)C(=O)Nc2cccc(SC(C)C(=O)Nc3sc4c(c3C#N)CCC(C(C)(C)C)C4)c2)c1OC. The summed E-state index contributed by atoms with van der Waals surface area (Å²) in [5.41, 5.74) is 3.20. The first kappa shape index (κ1) is 37.2. The van der Waals surface area contributed by atoms with E-state index in [9.17, 15) is 19.6 Å². The zero-order valence-electron chi connectivity index (χ0n) is 29.6. The number of carbonyl (C=O) groups excluding carboxylic acids is 3. The first-order valence-electron chi connectivity index (χ1n) is 16.6. The number of para-hydroxylation sites is 1. The second kappa shape index (κ2) is 16.3. The van der Waals surface area contributed by atoms with Crippen LogP contribution in [0.3, 0.4) is 0 Å². The van der Waals surface area contributed by atoms with Crippen molar-refractivity contribution in [2.45, 2.75) is 57.1 Å². The molecule has 11 heteroatoms. The fourth-order valence-corrected chi connectivity index (χ4v) is 8.18. The summed E-state index contributed by atoms with van der Waals surface area (Å²) in [6.45, 7) is 8.57. The van der Waals surface area contributed by atoms with Crippen LogP contribution in [0.15, 0.2) is 83.4 Å². The molecule has 0 fully saturated rings. The first-order valence-corrected chi connectivity index (χ1v) is 18.3. The summed E-state index contributed by atoms with van der Waals surface area (Å²) >= 11 is 2.85. The van der Waals surface area contributed by atoms with Gasteiger partial charge in [0.25, 0.3) is 11.8 Å². The molecule has 0 aliphatic heterocycles. The van der Waals surface area contributed by atoms with Crippen LogP contribution in [0.1, 0.15) is 66.0 Å². The van der Waals surface area contributed by atoms with Crippen molar-refractivity contribution in [2.75, 3.05) is 24.9 Å². The van der Waals surface area contributed by atoms with Crippen molar-refractivity contribution < 1.29 is 23.9 Å². The number of hydrogen-bond donors (Lipinski definition) is 3. The van der Waals surface area contributed by atoms with Crippen molar-refractivity contribution in [3.8, 4) is 17.6 Å². The van der Waals surface area contributed by atoms with Crippen LogP contribution in [0.5, 0.6) is 11.5 Å². The predicted octanol–water partition coefficient (Wildman–Crippen LogP) is 8.32. The van der Waals surface area contributed by atoms with Crippen LogP contribution in [0.4, 0.5) is 10.7 Å². The minimum atomic E-state index is -0.559. The van der Waals surface area contributed by atoms with Crippen molar-refractivity contribution >= 4 is 57.6 Å². The third-order valence-electron chi connectivity index (χ3n) is 8.87. The average Bonchev–Trinajstić information content (AvgIpc) is 3.47. The Labute approximate surface area is 307 Å². The van der Waals surface area contributed by atoms with Crippen LogP contribution >= 0.6 is 23.1 Å². The molecule has 0 saturated carbocycles. The molecular weight excluding hydrogens is 681 g/mol. The summed E-state index contributed by atoms with van der Waals surface area (Å²) in [4.78, 5) is 42.2. The largest absolute Gasteiger partial charge is 0.493 e. The van der Waals surface area contributed by atoms with Crippen molar-refractivity contribution in [3.63, 3.8) is 0 Å². The van der Waals surface area contributed by atoms with Crippen LogP contribution in [0.25, 0.3) is 6.08 Å². The maximum Gasteiger partial charge on any atom is 0.272 e. The molecule has 3 amide bonds. The molecule has 1 aliphatic rings. The second-order valence-corrected chi connectivity index (χ2v) is 15.8. The number of ether oxygens (including phenoxy) is 2. The number of anilines is 2. The van der Waals surface area contributed by atoms with Gasteiger partial charge in [0.1, 0.15) is 16.8 Å². The molecule has 51 heavy (non-hydrogen) atoms. The van der Waals surface area contributed by atoms with E-state index < -0.39 is 17.1 Å². The third-order valence-corrected chi connectivity index (χ3v) is 11.1. The van der Waals surface area contributed by atoms with E-state index in [4.69, 9.17) is 9.47 Å². The lowest BCUT2D eigenvalue weighted by molar-refractivity contribution is -0.115. The molecule has 2 atom stereocenters. The number of rotatable bonds is 11. The van der Waals surface area contributed by atoms with Gasteiger partial charge in [-0.3, -0.25) is 14.4 Å². The highest BCUT2D eigenvalue weighted by atomic mass is 32.2. The maximum atomic E-state index is 13.7. The maximum absolute atomic E-state index is 13.7. The summed E-state index contributed by atoms with van der Waals surface area (Å²) in [6.07, 6.45) is 4.32. The van der Waals surface area contributed by atoms with Gasteiger partial charge in [0.2, 0.25) is 5.91 Å². The fourth-order valence-electron chi connectivity index (χ4n) is 5.97. The minimum Gasteiger partial charge on any atom is -0.493 e. The molecular formula is C40H42N4O5S2. The Hall–Kier alpha value is -5.05. The van der Waals surface area contributed by atoms with E-state index in [0.717, 1.165) is 29.7 Å². The Balaban J connectivity index is 1.31. The Morgan fingerprint density at radius 3 is 2.43 bits per heavy atom. The normalized spacial score (nSPS) is 14.8. The number of nitriles is 1. The van der Waals surface area contributed by atoms with E-state index >= 15 is 0 Å². The molecule has 0 spiro atoms. The molecule has 1 aliphatic carbocycles. The Morgan fingerprint density at radius 2 is 1.75 bits per heavy atom. The molecule has 0 saturated heterocycles. The van der Waals surface area contributed by atoms with Gasteiger partial charge in [0.05, 0.1) is 25.0 Å². The number of carbonyl (C=O) groups is 3. The zero-order valence-corrected chi connectivity index (χ0v) is 31.2. The number of fused-ring (bicyclic) bond motifs is 1.